The minimum absolute atomic E-state index is 0.212. The monoisotopic (exact) mass is 393 g/mol. The van der Waals surface area contributed by atoms with Gasteiger partial charge in [0.1, 0.15) is 5.82 Å². The van der Waals surface area contributed by atoms with Gasteiger partial charge in [-0.3, -0.25) is 14.8 Å². The Morgan fingerprint density at radius 1 is 1.03 bits per heavy atom. The Morgan fingerprint density at radius 2 is 1.90 bits per heavy atom. The molecule has 0 spiro atoms. The lowest BCUT2D eigenvalue weighted by Crippen LogP contribution is -2.52. The standard InChI is InChI=1S/C23H31N5O/c1-3-28-22-10-5-4-9-21(22)25-23(28)17-26-12-13-27(20(16-26)11-14-29)15-19-8-6-7-18(2)24-19/h4-10,20,29H,3,11-17H2,1-2H3/t20-/m1/s1. The third-order valence-corrected chi connectivity index (χ3v) is 5.88. The van der Waals surface area contributed by atoms with Crippen LogP contribution in [-0.4, -0.2) is 61.7 Å². The molecule has 1 aromatic carbocycles. The molecular formula is C23H31N5O. The van der Waals surface area contributed by atoms with E-state index >= 15 is 0 Å². The third-order valence-electron chi connectivity index (χ3n) is 5.88. The van der Waals surface area contributed by atoms with E-state index in [4.69, 9.17) is 4.98 Å². The zero-order valence-electron chi connectivity index (χ0n) is 17.5. The Labute approximate surface area is 172 Å². The maximum atomic E-state index is 9.62. The second-order valence-electron chi connectivity index (χ2n) is 7.90. The highest BCUT2D eigenvalue weighted by atomic mass is 16.3. The number of pyridine rings is 1. The summed E-state index contributed by atoms with van der Waals surface area (Å²) in [6, 6.07) is 14.9. The number of aliphatic hydroxyl groups excluding tert-OH is 1. The highest BCUT2D eigenvalue weighted by Gasteiger charge is 2.28. The molecule has 0 unspecified atom stereocenters. The minimum atomic E-state index is 0.212. The van der Waals surface area contributed by atoms with Crippen molar-refractivity contribution in [3.05, 3.63) is 59.7 Å². The van der Waals surface area contributed by atoms with Crippen molar-refractivity contribution < 1.29 is 5.11 Å². The van der Waals surface area contributed by atoms with E-state index in [0.29, 0.717) is 6.04 Å². The van der Waals surface area contributed by atoms with E-state index in [1.54, 1.807) is 0 Å². The lowest BCUT2D eigenvalue weighted by molar-refractivity contribution is 0.0475. The van der Waals surface area contributed by atoms with Gasteiger partial charge in [0.2, 0.25) is 0 Å². The minimum Gasteiger partial charge on any atom is -0.396 e. The number of benzene rings is 1. The van der Waals surface area contributed by atoms with Gasteiger partial charge < -0.3 is 9.67 Å². The molecule has 1 saturated heterocycles. The fourth-order valence-corrected chi connectivity index (χ4v) is 4.43. The molecule has 29 heavy (non-hydrogen) atoms. The average molecular weight is 394 g/mol. The van der Waals surface area contributed by atoms with Crippen LogP contribution in [0, 0.1) is 6.92 Å². The van der Waals surface area contributed by atoms with Gasteiger partial charge in [0.25, 0.3) is 0 Å². The number of hydrogen-bond acceptors (Lipinski definition) is 5. The quantitative estimate of drug-likeness (QED) is 0.669. The molecular weight excluding hydrogens is 362 g/mol. The topological polar surface area (TPSA) is 57.4 Å². The second-order valence-corrected chi connectivity index (χ2v) is 7.90. The van der Waals surface area contributed by atoms with Gasteiger partial charge in [-0.15, -0.1) is 0 Å². The molecule has 0 amide bonds. The molecule has 1 aliphatic heterocycles. The first-order chi connectivity index (χ1) is 14.2. The van der Waals surface area contributed by atoms with Crippen LogP contribution in [0.4, 0.5) is 0 Å². The first kappa shape index (κ1) is 20.0. The summed E-state index contributed by atoms with van der Waals surface area (Å²) in [5.74, 6) is 1.13. The van der Waals surface area contributed by atoms with Crippen LogP contribution in [0.25, 0.3) is 11.0 Å². The summed E-state index contributed by atoms with van der Waals surface area (Å²) in [6.45, 7) is 9.96. The van der Waals surface area contributed by atoms with E-state index in [2.05, 4.69) is 62.7 Å². The van der Waals surface area contributed by atoms with Crippen molar-refractivity contribution in [2.75, 3.05) is 26.2 Å². The number of imidazole rings is 1. The van der Waals surface area contributed by atoms with E-state index in [1.807, 2.05) is 13.0 Å². The highest BCUT2D eigenvalue weighted by molar-refractivity contribution is 5.75. The molecule has 3 heterocycles. The number of para-hydroxylation sites is 2. The number of fused-ring (bicyclic) bond motifs is 1. The first-order valence-electron chi connectivity index (χ1n) is 10.6. The molecule has 3 aromatic rings. The van der Waals surface area contributed by atoms with Gasteiger partial charge in [0.15, 0.2) is 0 Å². The van der Waals surface area contributed by atoms with E-state index < -0.39 is 0 Å². The predicted molar refractivity (Wildman–Crippen MR) is 116 cm³/mol. The van der Waals surface area contributed by atoms with Crippen molar-refractivity contribution in [1.29, 1.82) is 0 Å². The normalized spacial score (nSPS) is 18.5. The fourth-order valence-electron chi connectivity index (χ4n) is 4.43. The molecule has 0 aliphatic carbocycles. The summed E-state index contributed by atoms with van der Waals surface area (Å²) in [5.41, 5.74) is 4.44. The maximum Gasteiger partial charge on any atom is 0.124 e. The molecule has 6 nitrogen and oxygen atoms in total. The largest absolute Gasteiger partial charge is 0.396 e. The summed E-state index contributed by atoms with van der Waals surface area (Å²) < 4.78 is 2.32. The van der Waals surface area contributed by atoms with Gasteiger partial charge in [-0.2, -0.15) is 0 Å². The molecule has 1 N–H and O–H groups in total. The smallest absolute Gasteiger partial charge is 0.124 e. The molecule has 0 radical (unpaired) electrons. The van der Waals surface area contributed by atoms with Crippen LogP contribution in [0.5, 0.6) is 0 Å². The summed E-state index contributed by atoms with van der Waals surface area (Å²) in [4.78, 5) is 14.5. The van der Waals surface area contributed by atoms with Crippen molar-refractivity contribution in [1.82, 2.24) is 24.3 Å². The lowest BCUT2D eigenvalue weighted by Gasteiger charge is -2.41. The Balaban J connectivity index is 1.47. The van der Waals surface area contributed by atoms with Gasteiger partial charge in [-0.1, -0.05) is 18.2 Å². The van der Waals surface area contributed by atoms with Crippen LogP contribution >= 0.6 is 0 Å². The molecule has 2 aromatic heterocycles. The van der Waals surface area contributed by atoms with Crippen molar-refractivity contribution in [2.45, 2.75) is 45.9 Å². The van der Waals surface area contributed by atoms with Crippen LogP contribution in [-0.2, 0) is 19.6 Å². The van der Waals surface area contributed by atoms with E-state index in [-0.39, 0.29) is 6.61 Å². The van der Waals surface area contributed by atoms with Gasteiger partial charge in [-0.25, -0.2) is 4.98 Å². The number of piperazine rings is 1. The summed E-state index contributed by atoms with van der Waals surface area (Å²) in [7, 11) is 0. The number of hydrogen-bond donors (Lipinski definition) is 1. The summed E-state index contributed by atoms with van der Waals surface area (Å²) in [6.07, 6.45) is 0.784. The van der Waals surface area contributed by atoms with Crippen LogP contribution in [0.15, 0.2) is 42.5 Å². The van der Waals surface area contributed by atoms with E-state index in [9.17, 15) is 5.11 Å². The Kier molecular flexibility index (Phi) is 6.23. The van der Waals surface area contributed by atoms with Crippen LogP contribution in [0.2, 0.25) is 0 Å². The van der Waals surface area contributed by atoms with Crippen molar-refractivity contribution in [3.63, 3.8) is 0 Å². The SMILES string of the molecule is CCn1c(CN2CCN(Cc3cccc(C)n3)[C@H](CCO)C2)nc2ccccc21. The zero-order chi connectivity index (χ0) is 20.2. The van der Waals surface area contributed by atoms with Crippen LogP contribution in [0.3, 0.4) is 0 Å². The molecule has 0 saturated carbocycles. The zero-order valence-corrected chi connectivity index (χ0v) is 17.5. The predicted octanol–water partition coefficient (Wildman–Crippen LogP) is 2.83. The average Bonchev–Trinajstić information content (AvgIpc) is 3.07. The first-order valence-corrected chi connectivity index (χ1v) is 10.6. The second kappa shape index (κ2) is 9.03. The Hall–Kier alpha value is -2.28. The Bertz CT molecular complexity index is 953. The van der Waals surface area contributed by atoms with Crippen LogP contribution < -0.4 is 0 Å². The number of aryl methyl sites for hydroxylation is 2. The van der Waals surface area contributed by atoms with Gasteiger partial charge in [-0.05, 0) is 44.5 Å². The molecule has 4 rings (SSSR count). The Morgan fingerprint density at radius 3 is 2.69 bits per heavy atom. The molecule has 1 fully saturated rings. The third kappa shape index (κ3) is 4.50. The van der Waals surface area contributed by atoms with Gasteiger partial charge in [0, 0.05) is 51.1 Å². The summed E-state index contributed by atoms with van der Waals surface area (Å²) >= 11 is 0. The molecule has 1 atom stereocenters. The van der Waals surface area contributed by atoms with E-state index in [1.165, 1.54) is 5.52 Å². The molecule has 6 heteroatoms. The number of aromatic nitrogens is 3. The maximum absolute atomic E-state index is 9.62. The van der Waals surface area contributed by atoms with Gasteiger partial charge >= 0.3 is 0 Å². The van der Waals surface area contributed by atoms with Crippen molar-refractivity contribution >= 4 is 11.0 Å². The van der Waals surface area contributed by atoms with E-state index in [0.717, 1.165) is 68.4 Å². The lowest BCUT2D eigenvalue weighted by atomic mass is 10.1. The molecule has 154 valence electrons. The number of aliphatic hydroxyl groups is 1. The molecule has 0 bridgehead atoms. The molecule has 1 aliphatic rings. The summed E-state index contributed by atoms with van der Waals surface area (Å²) in [5, 5.41) is 9.62. The van der Waals surface area contributed by atoms with Crippen molar-refractivity contribution in [3.8, 4) is 0 Å². The fraction of sp³-hybridized carbons (Fsp3) is 0.478. The van der Waals surface area contributed by atoms with Crippen molar-refractivity contribution in [2.24, 2.45) is 0 Å². The highest BCUT2D eigenvalue weighted by Crippen LogP contribution is 2.21. The number of rotatable bonds is 7. The number of nitrogens with zero attached hydrogens (tertiary/aromatic N) is 5. The van der Waals surface area contributed by atoms with Crippen LogP contribution in [0.1, 0.15) is 30.6 Å². The van der Waals surface area contributed by atoms with Gasteiger partial charge in [0.05, 0.1) is 23.3 Å².